The molecule has 1 amide bonds. The van der Waals surface area contributed by atoms with E-state index in [1.807, 2.05) is 54.6 Å². The van der Waals surface area contributed by atoms with E-state index in [1.165, 1.54) is 4.68 Å². The molecule has 0 saturated heterocycles. The van der Waals surface area contributed by atoms with Gasteiger partial charge in [-0.05, 0) is 22.4 Å². The summed E-state index contributed by atoms with van der Waals surface area (Å²) in [7, 11) is 0. The lowest BCUT2D eigenvalue weighted by Crippen LogP contribution is -2.29. The summed E-state index contributed by atoms with van der Waals surface area (Å²) < 4.78 is 1.26. The van der Waals surface area contributed by atoms with E-state index >= 15 is 0 Å². The van der Waals surface area contributed by atoms with Gasteiger partial charge in [0.1, 0.15) is 6.54 Å². The number of hydrogen-bond donors (Lipinski definition) is 1. The molecule has 3 aromatic carbocycles. The number of carbonyl (C=O) groups excluding carboxylic acids is 1. The number of fused-ring (bicyclic) bond motifs is 2. The minimum absolute atomic E-state index is 0.0839. The van der Waals surface area contributed by atoms with Gasteiger partial charge in [0, 0.05) is 5.39 Å². The summed E-state index contributed by atoms with van der Waals surface area (Å²) in [6, 6.07) is 21.2. The topological polar surface area (TPSA) is 64.0 Å². The van der Waals surface area contributed by atoms with Gasteiger partial charge in [-0.25, -0.2) is 4.68 Å². The van der Waals surface area contributed by atoms with E-state index in [9.17, 15) is 9.59 Å². The first-order chi connectivity index (χ1) is 14.2. The molecular weight excluding hydrogens is 362 g/mol. The third kappa shape index (κ3) is 3.74. The molecule has 1 N–H and O–H groups in total. The molecule has 0 fully saturated rings. The predicted octanol–water partition coefficient (Wildman–Crippen LogP) is 3.04. The Kier molecular flexibility index (Phi) is 5.08. The minimum Gasteiger partial charge on any atom is -0.350 e. The summed E-state index contributed by atoms with van der Waals surface area (Å²) in [5.41, 5.74) is 1.35. The quantitative estimate of drug-likeness (QED) is 0.541. The van der Waals surface area contributed by atoms with Crippen LogP contribution in [0.2, 0.25) is 0 Å². The first-order valence-corrected chi connectivity index (χ1v) is 9.33. The minimum atomic E-state index is -0.232. The summed E-state index contributed by atoms with van der Waals surface area (Å²) >= 11 is 0. The first-order valence-electron chi connectivity index (χ1n) is 9.33. The molecule has 4 rings (SSSR count). The fourth-order valence-corrected chi connectivity index (χ4v) is 3.49. The van der Waals surface area contributed by atoms with Crippen LogP contribution in [0.15, 0.2) is 71.5 Å². The highest BCUT2D eigenvalue weighted by Crippen LogP contribution is 2.19. The van der Waals surface area contributed by atoms with E-state index in [0.29, 0.717) is 11.1 Å². The monoisotopic (exact) mass is 381 g/mol. The van der Waals surface area contributed by atoms with Crippen molar-refractivity contribution in [2.75, 3.05) is 0 Å². The van der Waals surface area contributed by atoms with Gasteiger partial charge >= 0.3 is 0 Å². The van der Waals surface area contributed by atoms with Gasteiger partial charge in [0.05, 0.1) is 24.0 Å². The number of aromatic nitrogens is 2. The summed E-state index contributed by atoms with van der Waals surface area (Å²) in [6.07, 6.45) is 5.62. The Morgan fingerprint density at radius 2 is 1.66 bits per heavy atom. The van der Waals surface area contributed by atoms with Gasteiger partial charge in [0.15, 0.2) is 0 Å². The Balaban J connectivity index is 1.58. The molecule has 0 aliphatic carbocycles. The average molecular weight is 381 g/mol. The van der Waals surface area contributed by atoms with Gasteiger partial charge in [-0.15, -0.1) is 6.42 Å². The Morgan fingerprint density at radius 1 is 0.966 bits per heavy atom. The van der Waals surface area contributed by atoms with Crippen LogP contribution >= 0.6 is 0 Å². The second kappa shape index (κ2) is 7.99. The van der Waals surface area contributed by atoms with E-state index in [2.05, 4.69) is 16.3 Å². The highest BCUT2D eigenvalue weighted by atomic mass is 16.1. The van der Waals surface area contributed by atoms with Crippen molar-refractivity contribution in [3.8, 4) is 12.3 Å². The van der Waals surface area contributed by atoms with E-state index in [-0.39, 0.29) is 31.0 Å². The second-order valence-electron chi connectivity index (χ2n) is 6.75. The Labute approximate surface area is 168 Å². The number of terminal acetylenes is 1. The van der Waals surface area contributed by atoms with Crippen molar-refractivity contribution in [2.45, 2.75) is 19.5 Å². The highest BCUT2D eigenvalue weighted by molar-refractivity contribution is 5.90. The van der Waals surface area contributed by atoms with Crippen molar-refractivity contribution < 1.29 is 4.79 Å². The fraction of sp³-hybridized carbons (Fsp3) is 0.125. The van der Waals surface area contributed by atoms with Crippen LogP contribution in [0.1, 0.15) is 11.3 Å². The number of nitrogens with zero attached hydrogens (tertiary/aromatic N) is 2. The molecule has 1 aromatic heterocycles. The van der Waals surface area contributed by atoms with Crippen LogP contribution in [-0.4, -0.2) is 15.7 Å². The van der Waals surface area contributed by atoms with Gasteiger partial charge in [-0.3, -0.25) is 9.59 Å². The number of rotatable bonds is 5. The number of hydrogen-bond acceptors (Lipinski definition) is 3. The van der Waals surface area contributed by atoms with Crippen LogP contribution in [-0.2, 0) is 24.3 Å². The van der Waals surface area contributed by atoms with Crippen molar-refractivity contribution >= 4 is 27.5 Å². The number of amides is 1. The van der Waals surface area contributed by atoms with Crippen molar-refractivity contribution in [2.24, 2.45) is 0 Å². The Bertz CT molecular complexity index is 1310. The normalized spacial score (nSPS) is 10.7. The number of nitrogens with one attached hydrogen (secondary N) is 1. The van der Waals surface area contributed by atoms with Crippen LogP contribution < -0.4 is 10.9 Å². The van der Waals surface area contributed by atoms with Crippen molar-refractivity contribution in [1.29, 1.82) is 0 Å². The van der Waals surface area contributed by atoms with E-state index in [4.69, 9.17) is 6.42 Å². The molecule has 0 aliphatic heterocycles. The van der Waals surface area contributed by atoms with Crippen molar-refractivity contribution in [3.05, 3.63) is 88.3 Å². The average Bonchev–Trinajstić information content (AvgIpc) is 2.75. The molecule has 0 atom stereocenters. The SMILES string of the molecule is C#CCn1nc(CNC(=O)Cc2cccc3ccccc23)c2ccccc2c1=O. The molecule has 4 aromatic rings. The van der Waals surface area contributed by atoms with E-state index in [1.54, 1.807) is 12.1 Å². The zero-order valence-electron chi connectivity index (χ0n) is 15.8. The predicted molar refractivity (Wildman–Crippen MR) is 114 cm³/mol. The standard InChI is InChI=1S/C24H19N3O2/c1-2-14-27-24(29)21-13-6-5-12-20(21)22(26-27)16-25-23(28)15-18-10-7-9-17-8-3-4-11-19(17)18/h1,3-13H,14-16H2,(H,25,28). The lowest BCUT2D eigenvalue weighted by atomic mass is 10.0. The largest absolute Gasteiger partial charge is 0.350 e. The third-order valence-corrected chi connectivity index (χ3v) is 4.87. The van der Waals surface area contributed by atoms with Crippen LogP contribution in [0.5, 0.6) is 0 Å². The molecule has 0 bridgehead atoms. The summed E-state index contributed by atoms with van der Waals surface area (Å²) in [6.45, 7) is 0.301. The van der Waals surface area contributed by atoms with Crippen LogP contribution in [0.3, 0.4) is 0 Å². The fourth-order valence-electron chi connectivity index (χ4n) is 3.49. The highest BCUT2D eigenvalue weighted by Gasteiger charge is 2.12. The van der Waals surface area contributed by atoms with Gasteiger partial charge < -0.3 is 5.32 Å². The van der Waals surface area contributed by atoms with Gasteiger partial charge in [0.25, 0.3) is 5.56 Å². The molecule has 5 nitrogen and oxygen atoms in total. The molecule has 0 radical (unpaired) electrons. The number of carbonyl (C=O) groups is 1. The third-order valence-electron chi connectivity index (χ3n) is 4.87. The molecular formula is C24H19N3O2. The maximum Gasteiger partial charge on any atom is 0.275 e. The van der Waals surface area contributed by atoms with E-state index < -0.39 is 0 Å². The first kappa shape index (κ1) is 18.5. The lowest BCUT2D eigenvalue weighted by Gasteiger charge is -2.11. The zero-order valence-corrected chi connectivity index (χ0v) is 15.8. The Hall–Kier alpha value is -3.91. The molecule has 29 heavy (non-hydrogen) atoms. The molecule has 1 heterocycles. The summed E-state index contributed by atoms with van der Waals surface area (Å²) in [5, 5.41) is 10.7. The van der Waals surface area contributed by atoms with Gasteiger partial charge in [-0.1, -0.05) is 66.6 Å². The van der Waals surface area contributed by atoms with Crippen molar-refractivity contribution in [1.82, 2.24) is 15.1 Å². The van der Waals surface area contributed by atoms with Crippen LogP contribution in [0, 0.1) is 12.3 Å². The molecule has 142 valence electrons. The maximum absolute atomic E-state index is 12.6. The zero-order chi connectivity index (χ0) is 20.2. The summed E-state index contributed by atoms with van der Waals surface area (Å²) in [4.78, 5) is 25.1. The van der Waals surface area contributed by atoms with Gasteiger partial charge in [0.2, 0.25) is 5.91 Å². The molecule has 0 spiro atoms. The van der Waals surface area contributed by atoms with Crippen LogP contribution in [0.4, 0.5) is 0 Å². The van der Waals surface area contributed by atoms with Crippen molar-refractivity contribution in [3.63, 3.8) is 0 Å². The van der Waals surface area contributed by atoms with Gasteiger partial charge in [-0.2, -0.15) is 5.10 Å². The van der Waals surface area contributed by atoms with E-state index in [0.717, 1.165) is 21.7 Å². The molecule has 5 heteroatoms. The van der Waals surface area contributed by atoms with Crippen LogP contribution in [0.25, 0.3) is 21.5 Å². The molecule has 0 unspecified atom stereocenters. The molecule has 0 aliphatic rings. The Morgan fingerprint density at radius 3 is 2.45 bits per heavy atom. The summed E-state index contributed by atoms with van der Waals surface area (Å²) in [5.74, 6) is 2.34. The second-order valence-corrected chi connectivity index (χ2v) is 6.75. The maximum atomic E-state index is 12.6. The lowest BCUT2D eigenvalue weighted by molar-refractivity contribution is -0.120. The number of benzene rings is 3. The smallest absolute Gasteiger partial charge is 0.275 e. The molecule has 0 saturated carbocycles.